The number of nitrogens with two attached hydrogens (primary N) is 1. The molecule has 0 saturated carbocycles. The number of rotatable bonds is 3. The van der Waals surface area contributed by atoms with E-state index in [0.717, 1.165) is 38.3 Å². The van der Waals surface area contributed by atoms with Crippen LogP contribution in [0.15, 0.2) is 18.2 Å². The molecule has 3 rings (SSSR count). The van der Waals surface area contributed by atoms with Gasteiger partial charge in [0.25, 0.3) is 0 Å². The maximum Gasteiger partial charge on any atom is 0.122 e. The number of ether oxygens (including phenoxy) is 1. The first-order chi connectivity index (χ1) is 8.81. The molecule has 0 aromatic heterocycles. The Labute approximate surface area is 121 Å². The fourth-order valence-corrected chi connectivity index (χ4v) is 2.98. The molecule has 1 saturated heterocycles. The molecule has 2 aliphatic heterocycles. The number of hydrogen-bond acceptors (Lipinski definition) is 3. The lowest BCUT2D eigenvalue weighted by Gasteiger charge is -2.30. The highest BCUT2D eigenvalue weighted by atomic mass is 35.5. The monoisotopic (exact) mass is 282 g/mol. The summed E-state index contributed by atoms with van der Waals surface area (Å²) in [6, 6.07) is 7.02. The van der Waals surface area contributed by atoms with Crippen molar-refractivity contribution in [3.63, 3.8) is 0 Å². The van der Waals surface area contributed by atoms with E-state index in [1.54, 1.807) is 0 Å². The lowest BCUT2D eigenvalue weighted by atomic mass is 10.0. The molecule has 1 unspecified atom stereocenters. The number of nitrogens with zero attached hydrogens (tertiary/aromatic N) is 1. The smallest absolute Gasteiger partial charge is 0.122 e. The summed E-state index contributed by atoms with van der Waals surface area (Å²) >= 11 is 0. The van der Waals surface area contributed by atoms with E-state index in [4.69, 9.17) is 10.5 Å². The first-order valence-corrected chi connectivity index (χ1v) is 7.04. The normalized spacial score (nSPS) is 22.5. The molecule has 1 aromatic carbocycles. The molecule has 4 heteroatoms. The Hall–Kier alpha value is -0.770. The van der Waals surface area contributed by atoms with Crippen molar-refractivity contribution in [2.75, 3.05) is 26.2 Å². The predicted octanol–water partition coefficient (Wildman–Crippen LogP) is 2.01. The summed E-state index contributed by atoms with van der Waals surface area (Å²) < 4.78 is 5.54. The number of fused-ring (bicyclic) bond motifs is 1. The van der Waals surface area contributed by atoms with E-state index >= 15 is 0 Å². The summed E-state index contributed by atoms with van der Waals surface area (Å²) in [7, 11) is 0. The summed E-state index contributed by atoms with van der Waals surface area (Å²) in [6.07, 6.45) is 4.63. The van der Waals surface area contributed by atoms with Crippen molar-refractivity contribution in [2.24, 2.45) is 5.73 Å². The highest BCUT2D eigenvalue weighted by Gasteiger charge is 2.17. The maximum absolute atomic E-state index is 6.01. The number of likely N-dealkylation sites (tertiary alicyclic amines) is 1. The molecule has 0 amide bonds. The van der Waals surface area contributed by atoms with Crippen LogP contribution in [0.1, 0.15) is 24.0 Å². The molecule has 2 aliphatic rings. The van der Waals surface area contributed by atoms with Crippen LogP contribution < -0.4 is 10.5 Å². The molecule has 1 fully saturated rings. The molecule has 106 valence electrons. The Morgan fingerprint density at radius 1 is 1.37 bits per heavy atom. The van der Waals surface area contributed by atoms with E-state index in [1.807, 2.05) is 0 Å². The van der Waals surface area contributed by atoms with Crippen molar-refractivity contribution in [3.8, 4) is 5.75 Å². The minimum Gasteiger partial charge on any atom is -0.493 e. The zero-order chi connectivity index (χ0) is 12.4. The van der Waals surface area contributed by atoms with Crippen molar-refractivity contribution in [3.05, 3.63) is 29.3 Å². The molecule has 19 heavy (non-hydrogen) atoms. The highest BCUT2D eigenvalue weighted by Crippen LogP contribution is 2.26. The van der Waals surface area contributed by atoms with Gasteiger partial charge in [-0.15, -0.1) is 12.4 Å². The van der Waals surface area contributed by atoms with Crippen LogP contribution in [0.3, 0.4) is 0 Å². The topological polar surface area (TPSA) is 38.5 Å². The SMILES string of the molecule is Cl.NC1CCCN(CCc2ccc3c(c2)CCO3)C1. The lowest BCUT2D eigenvalue weighted by molar-refractivity contribution is 0.211. The Morgan fingerprint density at radius 3 is 3.11 bits per heavy atom. The quantitative estimate of drug-likeness (QED) is 0.922. The first kappa shape index (κ1) is 14.6. The predicted molar refractivity (Wildman–Crippen MR) is 80.2 cm³/mol. The summed E-state index contributed by atoms with van der Waals surface area (Å²) in [5.41, 5.74) is 8.82. The van der Waals surface area contributed by atoms with Gasteiger partial charge >= 0.3 is 0 Å². The van der Waals surface area contributed by atoms with E-state index in [0.29, 0.717) is 6.04 Å². The van der Waals surface area contributed by atoms with Gasteiger partial charge in [-0.1, -0.05) is 12.1 Å². The molecule has 0 radical (unpaired) electrons. The van der Waals surface area contributed by atoms with Crippen molar-refractivity contribution >= 4 is 12.4 Å². The van der Waals surface area contributed by atoms with Gasteiger partial charge < -0.3 is 15.4 Å². The molecule has 0 bridgehead atoms. The number of benzene rings is 1. The minimum atomic E-state index is 0. The van der Waals surface area contributed by atoms with Crippen LogP contribution in [0.5, 0.6) is 5.75 Å². The Kier molecular flexibility index (Phi) is 5.08. The Balaban J connectivity index is 0.00000133. The van der Waals surface area contributed by atoms with Crippen LogP contribution in [0.25, 0.3) is 0 Å². The van der Waals surface area contributed by atoms with Gasteiger partial charge in [-0.05, 0) is 43.0 Å². The second-order valence-electron chi connectivity index (χ2n) is 5.49. The van der Waals surface area contributed by atoms with Crippen LogP contribution >= 0.6 is 12.4 Å². The van der Waals surface area contributed by atoms with Gasteiger partial charge in [-0.3, -0.25) is 0 Å². The summed E-state index contributed by atoms with van der Waals surface area (Å²) in [4.78, 5) is 2.50. The van der Waals surface area contributed by atoms with Crippen molar-refractivity contribution in [1.29, 1.82) is 0 Å². The van der Waals surface area contributed by atoms with Crippen molar-refractivity contribution < 1.29 is 4.74 Å². The number of halogens is 1. The van der Waals surface area contributed by atoms with Crippen molar-refractivity contribution in [1.82, 2.24) is 4.90 Å². The fourth-order valence-electron chi connectivity index (χ4n) is 2.98. The zero-order valence-electron chi connectivity index (χ0n) is 11.3. The maximum atomic E-state index is 6.01. The lowest BCUT2D eigenvalue weighted by Crippen LogP contribution is -2.43. The van der Waals surface area contributed by atoms with Crippen LogP contribution in [0.2, 0.25) is 0 Å². The minimum absolute atomic E-state index is 0. The third kappa shape index (κ3) is 3.62. The van der Waals surface area contributed by atoms with Gasteiger partial charge in [0, 0.05) is 25.6 Å². The van der Waals surface area contributed by atoms with Gasteiger partial charge in [-0.2, -0.15) is 0 Å². The summed E-state index contributed by atoms with van der Waals surface area (Å²) in [5.74, 6) is 1.08. The highest BCUT2D eigenvalue weighted by molar-refractivity contribution is 5.85. The first-order valence-electron chi connectivity index (χ1n) is 7.04. The molecule has 3 nitrogen and oxygen atoms in total. The van der Waals surface area contributed by atoms with E-state index in [9.17, 15) is 0 Å². The molecule has 2 N–H and O–H groups in total. The van der Waals surface area contributed by atoms with Crippen LogP contribution in [-0.2, 0) is 12.8 Å². The third-order valence-electron chi connectivity index (χ3n) is 4.01. The second kappa shape index (κ2) is 6.60. The average Bonchev–Trinajstić information content (AvgIpc) is 2.84. The molecular formula is C15H23ClN2O. The van der Waals surface area contributed by atoms with Gasteiger partial charge in [0.2, 0.25) is 0 Å². The van der Waals surface area contributed by atoms with E-state index in [-0.39, 0.29) is 12.4 Å². The molecular weight excluding hydrogens is 260 g/mol. The second-order valence-corrected chi connectivity index (χ2v) is 5.49. The van der Waals surface area contributed by atoms with Crippen molar-refractivity contribution in [2.45, 2.75) is 31.7 Å². The average molecular weight is 283 g/mol. The molecule has 2 heterocycles. The Morgan fingerprint density at radius 2 is 2.26 bits per heavy atom. The molecule has 0 spiro atoms. The van der Waals surface area contributed by atoms with Crippen LogP contribution in [0.4, 0.5) is 0 Å². The van der Waals surface area contributed by atoms with Gasteiger partial charge in [-0.25, -0.2) is 0 Å². The largest absolute Gasteiger partial charge is 0.493 e. The van der Waals surface area contributed by atoms with E-state index in [1.165, 1.54) is 30.5 Å². The molecule has 0 aliphatic carbocycles. The fraction of sp³-hybridized carbons (Fsp3) is 0.600. The van der Waals surface area contributed by atoms with Crippen LogP contribution in [-0.4, -0.2) is 37.2 Å². The van der Waals surface area contributed by atoms with Gasteiger partial charge in [0.05, 0.1) is 6.61 Å². The summed E-state index contributed by atoms with van der Waals surface area (Å²) in [6.45, 7) is 4.25. The number of hydrogen-bond donors (Lipinski definition) is 1. The van der Waals surface area contributed by atoms with Gasteiger partial charge in [0.15, 0.2) is 0 Å². The van der Waals surface area contributed by atoms with Crippen LogP contribution in [0, 0.1) is 0 Å². The van der Waals surface area contributed by atoms with E-state index < -0.39 is 0 Å². The summed E-state index contributed by atoms with van der Waals surface area (Å²) in [5, 5.41) is 0. The Bertz CT molecular complexity index is 425. The molecule has 1 atom stereocenters. The number of piperidine rings is 1. The zero-order valence-corrected chi connectivity index (χ0v) is 12.1. The third-order valence-corrected chi connectivity index (χ3v) is 4.01. The standard InChI is InChI=1S/C15H22N2O.ClH/c16-14-2-1-7-17(11-14)8-5-12-3-4-15-13(10-12)6-9-18-15;/h3-4,10,14H,1-2,5-9,11,16H2;1H. The van der Waals surface area contributed by atoms with Gasteiger partial charge in [0.1, 0.15) is 5.75 Å². The van der Waals surface area contributed by atoms with E-state index in [2.05, 4.69) is 23.1 Å². The molecule has 1 aromatic rings.